The van der Waals surface area contributed by atoms with E-state index in [1.165, 1.54) is 6.92 Å². The summed E-state index contributed by atoms with van der Waals surface area (Å²) in [5, 5.41) is 2.09. The standard InChI is InChI=1S/C14H13O2P.Ni/c1-12(15)16-17(13-8-4-2-5-9-13)14-10-6-3-7-11-14;/h2-11H,1H3;. The van der Waals surface area contributed by atoms with Gasteiger partial charge in [-0.05, 0) is 0 Å². The monoisotopic (exact) mass is 302 g/mol. The molecule has 0 amide bonds. The van der Waals surface area contributed by atoms with Gasteiger partial charge in [0, 0.05) is 34.0 Å². The second-order valence-corrected chi connectivity index (χ2v) is 5.35. The summed E-state index contributed by atoms with van der Waals surface area (Å²) in [6.07, 6.45) is 0. The molecule has 0 saturated carbocycles. The Kier molecular flexibility index (Phi) is 6.05. The third-order valence-electron chi connectivity index (χ3n) is 2.20. The molecule has 0 aromatic heterocycles. The minimum Gasteiger partial charge on any atom is -0.435 e. The van der Waals surface area contributed by atoms with E-state index in [9.17, 15) is 4.79 Å². The second kappa shape index (κ2) is 7.31. The molecular weight excluding hydrogens is 290 g/mol. The summed E-state index contributed by atoms with van der Waals surface area (Å²) in [6.45, 7) is 1.45. The van der Waals surface area contributed by atoms with Crippen molar-refractivity contribution in [2.24, 2.45) is 0 Å². The van der Waals surface area contributed by atoms with Crippen LogP contribution in [0.15, 0.2) is 60.7 Å². The molecule has 18 heavy (non-hydrogen) atoms. The third-order valence-corrected chi connectivity index (χ3v) is 4.18. The smallest absolute Gasteiger partial charge is 0.305 e. The van der Waals surface area contributed by atoms with Crippen LogP contribution in [0.3, 0.4) is 0 Å². The van der Waals surface area contributed by atoms with Crippen LogP contribution in [0.25, 0.3) is 0 Å². The van der Waals surface area contributed by atoms with E-state index < -0.39 is 8.15 Å². The topological polar surface area (TPSA) is 26.3 Å². The molecule has 0 aliphatic rings. The summed E-state index contributed by atoms with van der Waals surface area (Å²) in [5.74, 6) is -0.246. The Morgan fingerprint density at radius 2 is 1.28 bits per heavy atom. The average molecular weight is 303 g/mol. The van der Waals surface area contributed by atoms with Crippen LogP contribution in [0.4, 0.5) is 0 Å². The van der Waals surface area contributed by atoms with E-state index in [1.54, 1.807) is 0 Å². The summed E-state index contributed by atoms with van der Waals surface area (Å²) in [4.78, 5) is 11.2. The molecular formula is C14H13NiO2P. The van der Waals surface area contributed by atoms with Gasteiger partial charge in [0.05, 0.1) is 0 Å². The first-order valence-corrected chi connectivity index (χ1v) is 6.62. The molecule has 0 spiro atoms. The first kappa shape index (κ1) is 14.9. The summed E-state index contributed by atoms with van der Waals surface area (Å²) in [6, 6.07) is 19.7. The maximum Gasteiger partial charge on any atom is 0.305 e. The van der Waals surface area contributed by atoms with E-state index in [1.807, 2.05) is 60.7 Å². The number of rotatable bonds is 3. The minimum absolute atomic E-state index is 0. The van der Waals surface area contributed by atoms with Gasteiger partial charge in [-0.2, -0.15) is 0 Å². The van der Waals surface area contributed by atoms with Crippen molar-refractivity contribution in [3.63, 3.8) is 0 Å². The molecule has 2 aromatic rings. The van der Waals surface area contributed by atoms with Gasteiger partial charge in [-0.1, -0.05) is 60.7 Å². The Hall–Kier alpha value is -1.17. The molecule has 0 N–H and O–H groups in total. The summed E-state index contributed by atoms with van der Waals surface area (Å²) in [7, 11) is -1.04. The molecule has 96 valence electrons. The molecule has 0 atom stereocenters. The molecule has 0 saturated heterocycles. The minimum atomic E-state index is -1.04. The van der Waals surface area contributed by atoms with Crippen LogP contribution in [0.5, 0.6) is 0 Å². The van der Waals surface area contributed by atoms with Crippen LogP contribution in [0.1, 0.15) is 6.92 Å². The molecule has 2 nitrogen and oxygen atoms in total. The first-order chi connectivity index (χ1) is 8.27. The van der Waals surface area contributed by atoms with Crippen LogP contribution in [0.2, 0.25) is 0 Å². The molecule has 0 radical (unpaired) electrons. The van der Waals surface area contributed by atoms with Gasteiger partial charge in [0.15, 0.2) is 8.15 Å². The van der Waals surface area contributed by atoms with Crippen molar-refractivity contribution in [1.82, 2.24) is 0 Å². The maximum absolute atomic E-state index is 11.2. The number of carbonyl (C=O) groups excluding carboxylic acids is 1. The van der Waals surface area contributed by atoms with Crippen LogP contribution >= 0.6 is 8.15 Å². The van der Waals surface area contributed by atoms with E-state index >= 15 is 0 Å². The Bertz CT molecular complexity index is 448. The van der Waals surface area contributed by atoms with Crippen molar-refractivity contribution in [2.45, 2.75) is 6.92 Å². The van der Waals surface area contributed by atoms with Crippen molar-refractivity contribution in [3.8, 4) is 0 Å². The van der Waals surface area contributed by atoms with Gasteiger partial charge < -0.3 is 4.52 Å². The molecule has 2 rings (SSSR count). The molecule has 4 heteroatoms. The molecule has 0 bridgehead atoms. The van der Waals surface area contributed by atoms with Crippen LogP contribution in [-0.2, 0) is 25.8 Å². The van der Waals surface area contributed by atoms with E-state index in [4.69, 9.17) is 4.52 Å². The normalized spacial score (nSPS) is 9.67. The second-order valence-electron chi connectivity index (χ2n) is 3.55. The fourth-order valence-electron chi connectivity index (χ4n) is 1.51. The van der Waals surface area contributed by atoms with Crippen molar-refractivity contribution < 1.29 is 25.8 Å². The number of hydrogen-bond donors (Lipinski definition) is 0. The Balaban J connectivity index is 0.00000162. The Labute approximate surface area is 118 Å². The molecule has 2 aromatic carbocycles. The van der Waals surface area contributed by atoms with Crippen molar-refractivity contribution in [3.05, 3.63) is 60.7 Å². The Morgan fingerprint density at radius 1 is 0.889 bits per heavy atom. The SMILES string of the molecule is CC(=O)OP(c1ccccc1)c1ccccc1.[Ni]. The van der Waals surface area contributed by atoms with Gasteiger partial charge in [0.25, 0.3) is 0 Å². The number of carbonyl (C=O) groups is 1. The summed E-state index contributed by atoms with van der Waals surface area (Å²) in [5.41, 5.74) is 0. The number of benzene rings is 2. The molecule has 0 aliphatic carbocycles. The van der Waals surface area contributed by atoms with Crippen molar-refractivity contribution in [2.75, 3.05) is 0 Å². The van der Waals surface area contributed by atoms with Crippen LogP contribution in [0, 0.1) is 0 Å². The fraction of sp³-hybridized carbons (Fsp3) is 0.0714. The predicted molar refractivity (Wildman–Crippen MR) is 70.8 cm³/mol. The van der Waals surface area contributed by atoms with Gasteiger partial charge in [-0.25, -0.2) is 0 Å². The van der Waals surface area contributed by atoms with Gasteiger partial charge in [-0.3, -0.25) is 4.79 Å². The van der Waals surface area contributed by atoms with E-state index in [-0.39, 0.29) is 22.5 Å². The fourth-order valence-corrected chi connectivity index (χ4v) is 3.16. The molecule has 0 aliphatic heterocycles. The predicted octanol–water partition coefficient (Wildman–Crippen LogP) is 2.59. The van der Waals surface area contributed by atoms with Gasteiger partial charge >= 0.3 is 5.97 Å². The third kappa shape index (κ3) is 3.94. The van der Waals surface area contributed by atoms with Crippen molar-refractivity contribution >= 4 is 24.7 Å². The zero-order chi connectivity index (χ0) is 12.1. The van der Waals surface area contributed by atoms with Crippen LogP contribution < -0.4 is 10.6 Å². The number of hydrogen-bond acceptors (Lipinski definition) is 2. The van der Waals surface area contributed by atoms with Gasteiger partial charge in [-0.15, -0.1) is 0 Å². The first-order valence-electron chi connectivity index (χ1n) is 5.36. The summed E-state index contributed by atoms with van der Waals surface area (Å²) < 4.78 is 5.45. The maximum atomic E-state index is 11.2. The van der Waals surface area contributed by atoms with E-state index in [0.29, 0.717) is 0 Å². The van der Waals surface area contributed by atoms with E-state index in [0.717, 1.165) is 10.6 Å². The largest absolute Gasteiger partial charge is 0.435 e. The van der Waals surface area contributed by atoms with Crippen molar-refractivity contribution in [1.29, 1.82) is 0 Å². The van der Waals surface area contributed by atoms with Crippen LogP contribution in [-0.4, -0.2) is 5.97 Å². The van der Waals surface area contributed by atoms with Gasteiger partial charge in [0.1, 0.15) is 0 Å². The molecule has 0 heterocycles. The Morgan fingerprint density at radius 3 is 1.61 bits per heavy atom. The molecule has 0 unspecified atom stereocenters. The average Bonchev–Trinajstić information content (AvgIpc) is 2.38. The molecule has 0 fully saturated rings. The van der Waals surface area contributed by atoms with Gasteiger partial charge in [0.2, 0.25) is 0 Å². The van der Waals surface area contributed by atoms with E-state index in [2.05, 4.69) is 0 Å². The zero-order valence-electron chi connectivity index (χ0n) is 9.85. The quantitative estimate of drug-likeness (QED) is 0.643. The summed E-state index contributed by atoms with van der Waals surface area (Å²) >= 11 is 0. The zero-order valence-corrected chi connectivity index (χ0v) is 11.7.